The Kier molecular flexibility index (Phi) is 5.94. The standard InChI is InChI=1S/C22H19F3N4O2/c23-22(24,25)17-6-2-1-4-15(17)12-16-5-3-7-18(28-16)20-14-29(10-11-31-20)21(30)19-13-26-8-9-27-19/h1-9,13,20H,10-12,14H2/t20-/m1/s1. The van der Waals surface area contributed by atoms with Crippen LogP contribution in [0.4, 0.5) is 13.2 Å². The Morgan fingerprint density at radius 3 is 2.74 bits per heavy atom. The summed E-state index contributed by atoms with van der Waals surface area (Å²) in [6.45, 7) is 0.995. The van der Waals surface area contributed by atoms with Gasteiger partial charge in [-0.25, -0.2) is 4.98 Å². The highest BCUT2D eigenvalue weighted by Gasteiger charge is 2.33. The molecule has 1 fully saturated rings. The number of rotatable bonds is 4. The molecule has 1 saturated heterocycles. The number of morpholine rings is 1. The number of benzene rings is 1. The molecule has 1 aromatic carbocycles. The normalized spacial score (nSPS) is 16.9. The Balaban J connectivity index is 1.52. The Morgan fingerprint density at radius 1 is 1.13 bits per heavy atom. The molecule has 6 nitrogen and oxygen atoms in total. The number of pyridine rings is 1. The van der Waals surface area contributed by atoms with Crippen LogP contribution >= 0.6 is 0 Å². The molecule has 1 atom stereocenters. The van der Waals surface area contributed by atoms with Gasteiger partial charge < -0.3 is 9.64 Å². The summed E-state index contributed by atoms with van der Waals surface area (Å²) in [5.74, 6) is -0.253. The van der Waals surface area contributed by atoms with Gasteiger partial charge in [-0.2, -0.15) is 13.2 Å². The number of carbonyl (C=O) groups excluding carboxylic acids is 1. The van der Waals surface area contributed by atoms with Gasteiger partial charge >= 0.3 is 6.18 Å². The molecule has 0 N–H and O–H groups in total. The summed E-state index contributed by atoms with van der Waals surface area (Å²) < 4.78 is 45.7. The third kappa shape index (κ3) is 4.88. The fourth-order valence-electron chi connectivity index (χ4n) is 3.51. The van der Waals surface area contributed by atoms with Crippen molar-refractivity contribution in [1.82, 2.24) is 19.9 Å². The number of nitrogens with zero attached hydrogens (tertiary/aromatic N) is 4. The van der Waals surface area contributed by atoms with Crippen LogP contribution in [0.5, 0.6) is 0 Å². The van der Waals surface area contributed by atoms with E-state index < -0.39 is 17.8 Å². The molecule has 9 heteroatoms. The van der Waals surface area contributed by atoms with Crippen LogP contribution in [-0.2, 0) is 17.3 Å². The molecule has 0 aliphatic carbocycles. The fraction of sp³-hybridized carbons (Fsp3) is 0.273. The Labute approximate surface area is 176 Å². The minimum Gasteiger partial charge on any atom is -0.368 e. The predicted molar refractivity (Wildman–Crippen MR) is 105 cm³/mol. The molecule has 1 aliphatic rings. The molecule has 0 unspecified atom stereocenters. The van der Waals surface area contributed by atoms with E-state index in [9.17, 15) is 18.0 Å². The average molecular weight is 428 g/mol. The van der Waals surface area contributed by atoms with Gasteiger partial charge in [-0.3, -0.25) is 14.8 Å². The first-order chi connectivity index (χ1) is 14.9. The predicted octanol–water partition coefficient (Wildman–Crippen LogP) is 3.69. The van der Waals surface area contributed by atoms with Crippen LogP contribution in [0.15, 0.2) is 61.1 Å². The van der Waals surface area contributed by atoms with Crippen LogP contribution in [0, 0.1) is 0 Å². The zero-order valence-corrected chi connectivity index (χ0v) is 16.4. The van der Waals surface area contributed by atoms with Crippen molar-refractivity contribution in [3.63, 3.8) is 0 Å². The van der Waals surface area contributed by atoms with E-state index >= 15 is 0 Å². The van der Waals surface area contributed by atoms with E-state index in [0.29, 0.717) is 24.5 Å². The molecule has 2 aromatic heterocycles. The van der Waals surface area contributed by atoms with Crippen LogP contribution in [0.2, 0.25) is 0 Å². The first-order valence-corrected chi connectivity index (χ1v) is 9.69. The van der Waals surface area contributed by atoms with E-state index in [-0.39, 0.29) is 30.1 Å². The fourth-order valence-corrected chi connectivity index (χ4v) is 3.51. The maximum absolute atomic E-state index is 13.3. The molecule has 0 saturated carbocycles. The molecule has 3 heterocycles. The summed E-state index contributed by atoms with van der Waals surface area (Å²) in [5, 5.41) is 0. The number of carbonyl (C=O) groups is 1. The molecule has 3 aromatic rings. The zero-order valence-electron chi connectivity index (χ0n) is 16.4. The lowest BCUT2D eigenvalue weighted by Gasteiger charge is -2.32. The Hall–Kier alpha value is -3.33. The Bertz CT molecular complexity index is 1060. The topological polar surface area (TPSA) is 68.2 Å². The highest BCUT2D eigenvalue weighted by molar-refractivity contribution is 5.92. The third-order valence-corrected chi connectivity index (χ3v) is 4.99. The lowest BCUT2D eigenvalue weighted by molar-refractivity contribution is -0.138. The molecule has 4 rings (SSSR count). The quantitative estimate of drug-likeness (QED) is 0.634. The molecule has 1 aliphatic heterocycles. The summed E-state index contributed by atoms with van der Waals surface area (Å²) in [5.41, 5.74) is 0.794. The van der Waals surface area contributed by atoms with E-state index in [1.807, 2.05) is 0 Å². The van der Waals surface area contributed by atoms with Crippen LogP contribution in [0.1, 0.15) is 39.1 Å². The SMILES string of the molecule is O=C(c1cnccn1)N1CCO[C@@H](c2cccc(Cc3ccccc3C(F)(F)F)n2)C1. The van der Waals surface area contributed by atoms with Gasteiger partial charge in [0.25, 0.3) is 5.91 Å². The Morgan fingerprint density at radius 2 is 1.97 bits per heavy atom. The number of alkyl halides is 3. The van der Waals surface area contributed by atoms with Crippen LogP contribution in [0.25, 0.3) is 0 Å². The second-order valence-corrected chi connectivity index (χ2v) is 7.09. The van der Waals surface area contributed by atoms with E-state index in [2.05, 4.69) is 15.0 Å². The van der Waals surface area contributed by atoms with Gasteiger partial charge in [0.2, 0.25) is 0 Å². The lowest BCUT2D eigenvalue weighted by Crippen LogP contribution is -2.42. The van der Waals surface area contributed by atoms with Crippen molar-refractivity contribution < 1.29 is 22.7 Å². The molecule has 0 spiro atoms. The molecule has 0 bridgehead atoms. The smallest absolute Gasteiger partial charge is 0.368 e. The van der Waals surface area contributed by atoms with Gasteiger partial charge in [0, 0.05) is 31.1 Å². The van der Waals surface area contributed by atoms with Crippen molar-refractivity contribution in [2.24, 2.45) is 0 Å². The van der Waals surface area contributed by atoms with Gasteiger partial charge in [-0.1, -0.05) is 24.3 Å². The number of amides is 1. The van der Waals surface area contributed by atoms with Crippen LogP contribution in [-0.4, -0.2) is 45.5 Å². The third-order valence-electron chi connectivity index (χ3n) is 4.99. The molecule has 31 heavy (non-hydrogen) atoms. The summed E-state index contributed by atoms with van der Waals surface area (Å²) >= 11 is 0. The molecular formula is C22H19F3N4O2. The largest absolute Gasteiger partial charge is 0.416 e. The van der Waals surface area contributed by atoms with Crippen molar-refractivity contribution >= 4 is 5.91 Å². The van der Waals surface area contributed by atoms with Crippen molar-refractivity contribution in [3.05, 3.63) is 89.3 Å². The second-order valence-electron chi connectivity index (χ2n) is 7.09. The van der Waals surface area contributed by atoms with E-state index in [4.69, 9.17) is 4.74 Å². The summed E-state index contributed by atoms with van der Waals surface area (Å²) in [6, 6.07) is 10.6. The summed E-state index contributed by atoms with van der Waals surface area (Å²) in [4.78, 5) is 26.8. The zero-order chi connectivity index (χ0) is 21.8. The lowest BCUT2D eigenvalue weighted by atomic mass is 10.0. The minimum absolute atomic E-state index is 0.0402. The maximum atomic E-state index is 13.3. The minimum atomic E-state index is -4.43. The van der Waals surface area contributed by atoms with Gasteiger partial charge in [-0.15, -0.1) is 0 Å². The van der Waals surface area contributed by atoms with Crippen LogP contribution < -0.4 is 0 Å². The second kappa shape index (κ2) is 8.81. The number of hydrogen-bond donors (Lipinski definition) is 0. The van der Waals surface area contributed by atoms with Gasteiger partial charge in [0.05, 0.1) is 30.6 Å². The molecule has 0 radical (unpaired) electrons. The van der Waals surface area contributed by atoms with Crippen molar-refractivity contribution in [2.45, 2.75) is 18.7 Å². The van der Waals surface area contributed by atoms with Crippen molar-refractivity contribution in [2.75, 3.05) is 19.7 Å². The van der Waals surface area contributed by atoms with Gasteiger partial charge in [-0.05, 0) is 23.8 Å². The van der Waals surface area contributed by atoms with Crippen LogP contribution in [0.3, 0.4) is 0 Å². The first kappa shape index (κ1) is 20.9. The highest BCUT2D eigenvalue weighted by Crippen LogP contribution is 2.33. The molecular weight excluding hydrogens is 409 g/mol. The number of halogens is 3. The number of hydrogen-bond acceptors (Lipinski definition) is 5. The van der Waals surface area contributed by atoms with Crippen molar-refractivity contribution in [3.8, 4) is 0 Å². The van der Waals surface area contributed by atoms with Gasteiger partial charge in [0.1, 0.15) is 11.8 Å². The van der Waals surface area contributed by atoms with E-state index in [1.165, 1.54) is 30.7 Å². The highest BCUT2D eigenvalue weighted by atomic mass is 19.4. The first-order valence-electron chi connectivity index (χ1n) is 9.69. The van der Waals surface area contributed by atoms with Gasteiger partial charge in [0.15, 0.2) is 0 Å². The average Bonchev–Trinajstić information content (AvgIpc) is 2.79. The molecule has 1 amide bonds. The number of ether oxygens (including phenoxy) is 1. The summed E-state index contributed by atoms with van der Waals surface area (Å²) in [7, 11) is 0. The maximum Gasteiger partial charge on any atom is 0.416 e. The van der Waals surface area contributed by atoms with E-state index in [0.717, 1.165) is 6.07 Å². The van der Waals surface area contributed by atoms with Crippen molar-refractivity contribution in [1.29, 1.82) is 0 Å². The molecule has 160 valence electrons. The number of aromatic nitrogens is 3. The van der Waals surface area contributed by atoms with E-state index in [1.54, 1.807) is 29.2 Å². The summed E-state index contributed by atoms with van der Waals surface area (Å²) in [6.07, 6.45) is -0.517. The monoisotopic (exact) mass is 428 g/mol.